The first-order valence-corrected chi connectivity index (χ1v) is 8.25. The fourth-order valence-electron chi connectivity index (χ4n) is 3.08. The van der Waals surface area contributed by atoms with Crippen molar-refractivity contribution in [1.82, 2.24) is 10.6 Å². The van der Waals surface area contributed by atoms with Gasteiger partial charge < -0.3 is 15.7 Å². The molecule has 0 radical (unpaired) electrons. The predicted molar refractivity (Wildman–Crippen MR) is 83.1 cm³/mol. The molecule has 0 bridgehead atoms. The second-order valence-electron chi connectivity index (χ2n) is 6.17. The number of aliphatic carboxylic acids is 1. The maximum Gasteiger partial charge on any atom is 0.303 e. The summed E-state index contributed by atoms with van der Waals surface area (Å²) in [6.07, 6.45) is 5.61. The molecule has 0 saturated carbocycles. The monoisotopic (exact) mass is 298 g/mol. The molecule has 21 heavy (non-hydrogen) atoms. The van der Waals surface area contributed by atoms with Gasteiger partial charge in [-0.05, 0) is 44.6 Å². The van der Waals surface area contributed by atoms with E-state index < -0.39 is 5.97 Å². The van der Waals surface area contributed by atoms with Crippen LogP contribution in [0.4, 0.5) is 0 Å². The van der Waals surface area contributed by atoms with Crippen molar-refractivity contribution in [2.45, 2.75) is 58.8 Å². The van der Waals surface area contributed by atoms with E-state index in [9.17, 15) is 9.59 Å². The van der Waals surface area contributed by atoms with Crippen molar-refractivity contribution in [2.24, 2.45) is 11.3 Å². The van der Waals surface area contributed by atoms with Gasteiger partial charge in [0.2, 0.25) is 5.91 Å². The summed E-state index contributed by atoms with van der Waals surface area (Å²) in [7, 11) is 0. The van der Waals surface area contributed by atoms with Gasteiger partial charge in [0, 0.05) is 19.5 Å². The molecule has 1 aliphatic heterocycles. The van der Waals surface area contributed by atoms with Crippen molar-refractivity contribution in [2.75, 3.05) is 19.6 Å². The highest BCUT2D eigenvalue weighted by atomic mass is 16.4. The molecular formula is C16H30N2O3. The smallest absolute Gasteiger partial charge is 0.303 e. The van der Waals surface area contributed by atoms with Crippen molar-refractivity contribution in [3.63, 3.8) is 0 Å². The molecule has 1 amide bonds. The van der Waals surface area contributed by atoms with Crippen LogP contribution in [0.15, 0.2) is 0 Å². The molecule has 0 spiro atoms. The molecule has 1 fully saturated rings. The van der Waals surface area contributed by atoms with Crippen LogP contribution >= 0.6 is 0 Å². The largest absolute Gasteiger partial charge is 0.481 e. The Balaban J connectivity index is 2.35. The molecule has 5 nitrogen and oxygen atoms in total. The van der Waals surface area contributed by atoms with Gasteiger partial charge in [0.25, 0.3) is 0 Å². The summed E-state index contributed by atoms with van der Waals surface area (Å²) in [5, 5.41) is 15.1. The van der Waals surface area contributed by atoms with E-state index in [-0.39, 0.29) is 17.7 Å². The molecule has 1 heterocycles. The Kier molecular flexibility index (Phi) is 7.72. The topological polar surface area (TPSA) is 78.4 Å². The lowest BCUT2D eigenvalue weighted by atomic mass is 9.77. The fraction of sp³-hybridized carbons (Fsp3) is 0.875. The van der Waals surface area contributed by atoms with E-state index in [0.29, 0.717) is 18.9 Å². The minimum atomic E-state index is -0.740. The quantitative estimate of drug-likeness (QED) is 0.609. The van der Waals surface area contributed by atoms with Crippen LogP contribution in [0.25, 0.3) is 0 Å². The molecule has 5 heteroatoms. The summed E-state index contributed by atoms with van der Waals surface area (Å²) in [5.41, 5.74) is -0.249. The van der Waals surface area contributed by atoms with Crippen LogP contribution in [-0.2, 0) is 9.59 Å². The summed E-state index contributed by atoms with van der Waals surface area (Å²) in [4.78, 5) is 23.1. The molecule has 3 N–H and O–H groups in total. The Hall–Kier alpha value is -1.10. The molecule has 1 aliphatic rings. The van der Waals surface area contributed by atoms with Gasteiger partial charge in [-0.3, -0.25) is 9.59 Å². The van der Waals surface area contributed by atoms with Crippen LogP contribution in [0.3, 0.4) is 0 Å². The van der Waals surface area contributed by atoms with Gasteiger partial charge in [-0.1, -0.05) is 20.3 Å². The van der Waals surface area contributed by atoms with E-state index in [1.165, 1.54) is 0 Å². The third-order valence-electron chi connectivity index (χ3n) is 4.81. The molecule has 0 aromatic rings. The Labute approximate surface area is 127 Å². The minimum Gasteiger partial charge on any atom is -0.481 e. The van der Waals surface area contributed by atoms with Crippen molar-refractivity contribution in [3.05, 3.63) is 0 Å². The standard InChI is InChI=1S/C16H30N2O3/c1-3-13(6-7-14(19)20)8-11-18-15(21)16(4-2)9-5-10-17-12-16/h13,17H,3-12H2,1-2H3,(H,18,21)(H,19,20). The average molecular weight is 298 g/mol. The van der Waals surface area contributed by atoms with E-state index in [2.05, 4.69) is 24.5 Å². The number of hydrogen-bond donors (Lipinski definition) is 3. The number of carbonyl (C=O) groups excluding carboxylic acids is 1. The molecule has 1 saturated heterocycles. The Bertz CT molecular complexity index is 338. The van der Waals surface area contributed by atoms with Gasteiger partial charge >= 0.3 is 5.97 Å². The maximum atomic E-state index is 12.4. The fourth-order valence-corrected chi connectivity index (χ4v) is 3.08. The second kappa shape index (κ2) is 9.03. The molecule has 0 aromatic carbocycles. The SMILES string of the molecule is CCC(CCNC(=O)C1(CC)CCCNC1)CCC(=O)O. The molecule has 0 aliphatic carbocycles. The molecule has 122 valence electrons. The summed E-state index contributed by atoms with van der Waals surface area (Å²) in [5.74, 6) is -0.204. The zero-order valence-electron chi connectivity index (χ0n) is 13.4. The zero-order chi connectivity index (χ0) is 15.7. The van der Waals surface area contributed by atoms with E-state index in [1.54, 1.807) is 0 Å². The van der Waals surface area contributed by atoms with Crippen LogP contribution in [-0.4, -0.2) is 36.6 Å². The van der Waals surface area contributed by atoms with E-state index in [1.807, 2.05) is 0 Å². The van der Waals surface area contributed by atoms with Crippen molar-refractivity contribution in [3.8, 4) is 0 Å². The van der Waals surface area contributed by atoms with Crippen molar-refractivity contribution in [1.29, 1.82) is 0 Å². The summed E-state index contributed by atoms with van der Waals surface area (Å²) in [6, 6.07) is 0. The van der Waals surface area contributed by atoms with Gasteiger partial charge in [0.05, 0.1) is 5.41 Å². The number of piperidine rings is 1. The van der Waals surface area contributed by atoms with Crippen LogP contribution in [0.5, 0.6) is 0 Å². The molecule has 2 unspecified atom stereocenters. The average Bonchev–Trinajstić information content (AvgIpc) is 2.50. The van der Waals surface area contributed by atoms with Crippen molar-refractivity contribution >= 4 is 11.9 Å². The third kappa shape index (κ3) is 5.65. The van der Waals surface area contributed by atoms with Gasteiger partial charge in [0.1, 0.15) is 0 Å². The second-order valence-corrected chi connectivity index (χ2v) is 6.17. The van der Waals surface area contributed by atoms with E-state index >= 15 is 0 Å². The predicted octanol–water partition coefficient (Wildman–Crippen LogP) is 2.16. The number of carbonyl (C=O) groups is 2. The highest BCUT2D eigenvalue weighted by Crippen LogP contribution is 2.30. The Morgan fingerprint density at radius 2 is 2.10 bits per heavy atom. The normalized spacial score (nSPS) is 23.5. The summed E-state index contributed by atoms with van der Waals surface area (Å²) < 4.78 is 0. The first-order valence-electron chi connectivity index (χ1n) is 8.25. The Morgan fingerprint density at radius 1 is 1.33 bits per heavy atom. The number of carboxylic acid groups (broad SMARTS) is 1. The lowest BCUT2D eigenvalue weighted by Gasteiger charge is -2.35. The number of hydrogen-bond acceptors (Lipinski definition) is 3. The van der Waals surface area contributed by atoms with Crippen LogP contribution < -0.4 is 10.6 Å². The summed E-state index contributed by atoms with van der Waals surface area (Å²) in [6.45, 7) is 6.58. The first-order chi connectivity index (χ1) is 10.0. The molecule has 1 rings (SSSR count). The highest BCUT2D eigenvalue weighted by molar-refractivity contribution is 5.83. The van der Waals surface area contributed by atoms with Crippen LogP contribution in [0.1, 0.15) is 58.8 Å². The van der Waals surface area contributed by atoms with Crippen molar-refractivity contribution < 1.29 is 14.7 Å². The third-order valence-corrected chi connectivity index (χ3v) is 4.81. The van der Waals surface area contributed by atoms with Crippen LogP contribution in [0.2, 0.25) is 0 Å². The van der Waals surface area contributed by atoms with Crippen LogP contribution in [0, 0.1) is 11.3 Å². The van der Waals surface area contributed by atoms with E-state index in [4.69, 9.17) is 5.11 Å². The van der Waals surface area contributed by atoms with Gasteiger partial charge in [-0.2, -0.15) is 0 Å². The lowest BCUT2D eigenvalue weighted by Crippen LogP contribution is -2.50. The summed E-state index contributed by atoms with van der Waals surface area (Å²) >= 11 is 0. The number of amides is 1. The Morgan fingerprint density at radius 3 is 2.62 bits per heavy atom. The minimum absolute atomic E-state index is 0.158. The first kappa shape index (κ1) is 18.0. The lowest BCUT2D eigenvalue weighted by molar-refractivity contribution is -0.137. The molecule has 0 aromatic heterocycles. The van der Waals surface area contributed by atoms with Gasteiger partial charge in [0.15, 0.2) is 0 Å². The van der Waals surface area contributed by atoms with Gasteiger partial charge in [-0.25, -0.2) is 0 Å². The maximum absolute atomic E-state index is 12.4. The number of rotatable bonds is 9. The molecule has 2 atom stereocenters. The zero-order valence-corrected chi connectivity index (χ0v) is 13.4. The number of carboxylic acids is 1. The van der Waals surface area contributed by atoms with E-state index in [0.717, 1.165) is 45.2 Å². The number of nitrogens with one attached hydrogen (secondary N) is 2. The van der Waals surface area contributed by atoms with Gasteiger partial charge in [-0.15, -0.1) is 0 Å². The molecular weight excluding hydrogens is 268 g/mol. The highest BCUT2D eigenvalue weighted by Gasteiger charge is 2.37.